The molecule has 0 bridgehead atoms. The Bertz CT molecular complexity index is 137. The average Bonchev–Trinajstić information content (AvgIpc) is 2.10. The van der Waals surface area contributed by atoms with Gasteiger partial charge in [0.05, 0.1) is 0 Å². The summed E-state index contributed by atoms with van der Waals surface area (Å²) in [4.78, 5) is 5.02. The van der Waals surface area contributed by atoms with Crippen LogP contribution in [-0.4, -0.2) is 62.2 Å². The Morgan fingerprint density at radius 1 is 1.23 bits per heavy atom. The van der Waals surface area contributed by atoms with Gasteiger partial charge >= 0.3 is 0 Å². The highest BCUT2D eigenvalue weighted by atomic mass is 15.3. The second-order valence-electron chi connectivity index (χ2n) is 4.23. The van der Waals surface area contributed by atoms with Crippen molar-refractivity contribution < 1.29 is 0 Å². The first-order valence-electron chi connectivity index (χ1n) is 5.24. The summed E-state index contributed by atoms with van der Waals surface area (Å²) < 4.78 is 0. The summed E-state index contributed by atoms with van der Waals surface area (Å²) in [6.45, 7) is 9.32. The molecule has 1 heterocycles. The van der Waals surface area contributed by atoms with E-state index in [4.69, 9.17) is 0 Å². The summed E-state index contributed by atoms with van der Waals surface area (Å²) in [5, 5.41) is 3.20. The highest BCUT2D eigenvalue weighted by molar-refractivity contribution is 4.82. The molecule has 1 N–H and O–H groups in total. The molecular formula is C10H23N3. The molecule has 0 aromatic heterocycles. The van der Waals surface area contributed by atoms with Crippen LogP contribution in [0.5, 0.6) is 0 Å². The Balaban J connectivity index is 2.35. The van der Waals surface area contributed by atoms with Gasteiger partial charge in [0.1, 0.15) is 0 Å². The average molecular weight is 185 g/mol. The quantitative estimate of drug-likeness (QED) is 0.679. The minimum Gasteiger partial charge on any atom is -0.318 e. The monoisotopic (exact) mass is 185 g/mol. The maximum atomic E-state index is 3.20. The van der Waals surface area contributed by atoms with Crippen LogP contribution in [0.3, 0.4) is 0 Å². The number of nitrogens with zero attached hydrogens (tertiary/aromatic N) is 2. The number of piperazine rings is 1. The Morgan fingerprint density at radius 3 is 2.23 bits per heavy atom. The van der Waals surface area contributed by atoms with E-state index in [9.17, 15) is 0 Å². The molecule has 1 aliphatic heterocycles. The number of likely N-dealkylation sites (N-methyl/N-ethyl adjacent to an activating group) is 2. The summed E-state index contributed by atoms with van der Waals surface area (Å²) in [5.41, 5.74) is 0. The molecule has 1 aliphatic rings. The van der Waals surface area contributed by atoms with Crippen LogP contribution in [0.1, 0.15) is 13.8 Å². The topological polar surface area (TPSA) is 18.5 Å². The molecule has 0 aliphatic carbocycles. The van der Waals surface area contributed by atoms with Gasteiger partial charge < -0.3 is 5.32 Å². The Morgan fingerprint density at radius 2 is 1.77 bits per heavy atom. The fraction of sp³-hybridized carbons (Fsp3) is 1.00. The molecule has 0 spiro atoms. The van der Waals surface area contributed by atoms with Gasteiger partial charge in [-0.25, -0.2) is 0 Å². The molecule has 3 heteroatoms. The van der Waals surface area contributed by atoms with Crippen LogP contribution in [0.25, 0.3) is 0 Å². The zero-order valence-corrected chi connectivity index (χ0v) is 9.38. The fourth-order valence-corrected chi connectivity index (χ4v) is 1.97. The van der Waals surface area contributed by atoms with Crippen LogP contribution in [0.4, 0.5) is 0 Å². The lowest BCUT2D eigenvalue weighted by atomic mass is 10.1. The predicted molar refractivity (Wildman–Crippen MR) is 57.1 cm³/mol. The molecule has 1 fully saturated rings. The van der Waals surface area contributed by atoms with Crippen molar-refractivity contribution in [2.45, 2.75) is 25.9 Å². The number of hydrogen-bond donors (Lipinski definition) is 1. The lowest BCUT2D eigenvalue weighted by Crippen LogP contribution is -2.55. The van der Waals surface area contributed by atoms with Gasteiger partial charge in [-0.1, -0.05) is 0 Å². The zero-order valence-electron chi connectivity index (χ0n) is 9.38. The van der Waals surface area contributed by atoms with Crippen molar-refractivity contribution in [1.82, 2.24) is 15.1 Å². The summed E-state index contributed by atoms with van der Waals surface area (Å²) in [5.74, 6) is 0. The van der Waals surface area contributed by atoms with Gasteiger partial charge in [0.2, 0.25) is 0 Å². The third kappa shape index (κ3) is 2.93. The van der Waals surface area contributed by atoms with Gasteiger partial charge in [-0.3, -0.25) is 9.80 Å². The minimum atomic E-state index is 0.695. The van der Waals surface area contributed by atoms with Gasteiger partial charge in [0.25, 0.3) is 0 Å². The van der Waals surface area contributed by atoms with E-state index in [1.807, 2.05) is 7.05 Å². The second kappa shape index (κ2) is 4.94. The van der Waals surface area contributed by atoms with Gasteiger partial charge in [-0.05, 0) is 27.9 Å². The Labute approximate surface area is 82.1 Å². The Kier molecular flexibility index (Phi) is 4.16. The van der Waals surface area contributed by atoms with Crippen molar-refractivity contribution >= 4 is 0 Å². The van der Waals surface area contributed by atoms with E-state index in [0.717, 1.165) is 6.54 Å². The first-order valence-corrected chi connectivity index (χ1v) is 5.24. The maximum Gasteiger partial charge on any atom is 0.0195 e. The molecule has 1 saturated heterocycles. The predicted octanol–water partition coefficient (Wildman–Crippen LogP) is 0.230. The molecule has 13 heavy (non-hydrogen) atoms. The Hall–Kier alpha value is -0.120. The van der Waals surface area contributed by atoms with Crippen molar-refractivity contribution in [2.75, 3.05) is 40.3 Å². The lowest BCUT2D eigenvalue weighted by Gasteiger charge is -2.42. The summed E-state index contributed by atoms with van der Waals surface area (Å²) in [6, 6.07) is 1.39. The van der Waals surface area contributed by atoms with Crippen LogP contribution >= 0.6 is 0 Å². The molecule has 0 saturated carbocycles. The largest absolute Gasteiger partial charge is 0.318 e. The third-order valence-electron chi connectivity index (χ3n) is 3.11. The van der Waals surface area contributed by atoms with E-state index in [1.165, 1.54) is 19.6 Å². The van der Waals surface area contributed by atoms with Crippen molar-refractivity contribution in [3.63, 3.8) is 0 Å². The molecular weight excluding hydrogens is 162 g/mol. The van der Waals surface area contributed by atoms with Crippen LogP contribution < -0.4 is 5.32 Å². The van der Waals surface area contributed by atoms with E-state index < -0.39 is 0 Å². The standard InChI is InChI=1S/C10H23N3/c1-9-7-13(6-5-11-3)8-10(2)12(9)4/h9-11H,5-8H2,1-4H3/t9-,10?/m0/s1. The normalized spacial score (nSPS) is 32.3. The van der Waals surface area contributed by atoms with Crippen molar-refractivity contribution in [1.29, 1.82) is 0 Å². The van der Waals surface area contributed by atoms with E-state index in [2.05, 4.69) is 36.0 Å². The summed E-state index contributed by atoms with van der Waals surface area (Å²) in [7, 11) is 4.24. The second-order valence-corrected chi connectivity index (χ2v) is 4.23. The van der Waals surface area contributed by atoms with Crippen molar-refractivity contribution in [3.05, 3.63) is 0 Å². The fourth-order valence-electron chi connectivity index (χ4n) is 1.97. The third-order valence-corrected chi connectivity index (χ3v) is 3.11. The van der Waals surface area contributed by atoms with Crippen molar-refractivity contribution in [3.8, 4) is 0 Å². The molecule has 0 aromatic carbocycles. The van der Waals surface area contributed by atoms with Gasteiger partial charge in [0.15, 0.2) is 0 Å². The van der Waals surface area contributed by atoms with Crippen LogP contribution in [-0.2, 0) is 0 Å². The summed E-state index contributed by atoms with van der Waals surface area (Å²) >= 11 is 0. The summed E-state index contributed by atoms with van der Waals surface area (Å²) in [6.07, 6.45) is 0. The highest BCUT2D eigenvalue weighted by Gasteiger charge is 2.25. The minimum absolute atomic E-state index is 0.695. The maximum absolute atomic E-state index is 3.20. The van der Waals surface area contributed by atoms with E-state index in [1.54, 1.807) is 0 Å². The molecule has 78 valence electrons. The zero-order chi connectivity index (χ0) is 9.84. The van der Waals surface area contributed by atoms with Gasteiger partial charge in [-0.15, -0.1) is 0 Å². The highest BCUT2D eigenvalue weighted by Crippen LogP contribution is 2.12. The number of nitrogens with one attached hydrogen (secondary N) is 1. The van der Waals surface area contributed by atoms with Crippen LogP contribution in [0.15, 0.2) is 0 Å². The molecule has 0 amide bonds. The van der Waals surface area contributed by atoms with Crippen LogP contribution in [0, 0.1) is 0 Å². The molecule has 3 nitrogen and oxygen atoms in total. The van der Waals surface area contributed by atoms with E-state index in [-0.39, 0.29) is 0 Å². The van der Waals surface area contributed by atoms with Gasteiger partial charge in [0, 0.05) is 38.3 Å². The molecule has 1 rings (SSSR count). The SMILES string of the molecule is CNCCN1CC(C)N(C)[C@@H](C)C1. The smallest absolute Gasteiger partial charge is 0.0195 e. The molecule has 0 radical (unpaired) electrons. The molecule has 2 atom stereocenters. The van der Waals surface area contributed by atoms with Crippen molar-refractivity contribution in [2.24, 2.45) is 0 Å². The number of hydrogen-bond acceptors (Lipinski definition) is 3. The lowest BCUT2D eigenvalue weighted by molar-refractivity contribution is 0.0611. The van der Waals surface area contributed by atoms with Crippen LogP contribution in [0.2, 0.25) is 0 Å². The van der Waals surface area contributed by atoms with Gasteiger partial charge in [-0.2, -0.15) is 0 Å². The molecule has 1 unspecified atom stereocenters. The molecule has 0 aromatic rings. The van der Waals surface area contributed by atoms with E-state index in [0.29, 0.717) is 12.1 Å². The first kappa shape index (κ1) is 11.0. The van der Waals surface area contributed by atoms with E-state index >= 15 is 0 Å². The number of rotatable bonds is 3. The first-order chi connectivity index (χ1) is 6.15.